The summed E-state index contributed by atoms with van der Waals surface area (Å²) in [6.45, 7) is 6.13. The zero-order valence-electron chi connectivity index (χ0n) is 11.1. The molecule has 1 N–H and O–H groups in total. The normalized spacial score (nSPS) is 20.9. The number of hydrogen-bond donors (Lipinski definition) is 1. The van der Waals surface area contributed by atoms with E-state index in [0.29, 0.717) is 17.0 Å². The highest BCUT2D eigenvalue weighted by atomic mass is 35.5. The van der Waals surface area contributed by atoms with Gasteiger partial charge < -0.3 is 10.1 Å². The molecule has 0 aromatic carbocycles. The van der Waals surface area contributed by atoms with Gasteiger partial charge in [-0.1, -0.05) is 11.6 Å². The van der Waals surface area contributed by atoms with Crippen LogP contribution in [0.25, 0.3) is 5.52 Å². The Labute approximate surface area is 116 Å². The fraction of sp³-hybridized carbons (Fsp3) is 0.538. The van der Waals surface area contributed by atoms with Gasteiger partial charge in [-0.15, -0.1) is 0 Å². The molecule has 0 saturated carbocycles. The lowest BCUT2D eigenvalue weighted by molar-refractivity contribution is 0.156. The van der Waals surface area contributed by atoms with E-state index in [1.54, 1.807) is 16.9 Å². The predicted molar refractivity (Wildman–Crippen MR) is 73.8 cm³/mol. The van der Waals surface area contributed by atoms with Crippen molar-refractivity contribution < 1.29 is 4.74 Å². The molecule has 1 aliphatic heterocycles. The summed E-state index contributed by atoms with van der Waals surface area (Å²) in [5.41, 5.74) is 1.93. The molecule has 5 nitrogen and oxygen atoms in total. The Bertz CT molecular complexity index is 592. The van der Waals surface area contributed by atoms with Crippen LogP contribution in [-0.2, 0) is 0 Å². The minimum Gasteiger partial charge on any atom is -0.473 e. The highest BCUT2D eigenvalue weighted by Gasteiger charge is 2.24. The van der Waals surface area contributed by atoms with E-state index in [1.807, 2.05) is 6.92 Å². The monoisotopic (exact) mass is 280 g/mol. The average Bonchev–Trinajstić information content (AvgIpc) is 2.99. The first kappa shape index (κ1) is 12.7. The Kier molecular flexibility index (Phi) is 3.33. The molecule has 0 radical (unpaired) electrons. The van der Waals surface area contributed by atoms with Crippen LogP contribution in [0.5, 0.6) is 5.88 Å². The topological polar surface area (TPSA) is 51.5 Å². The van der Waals surface area contributed by atoms with Crippen LogP contribution in [0.1, 0.15) is 18.9 Å². The van der Waals surface area contributed by atoms with E-state index in [0.717, 1.165) is 30.6 Å². The zero-order valence-corrected chi connectivity index (χ0v) is 11.8. The molecule has 2 aromatic rings. The summed E-state index contributed by atoms with van der Waals surface area (Å²) in [6, 6.07) is 0. The smallest absolute Gasteiger partial charge is 0.242 e. The average molecular weight is 281 g/mol. The van der Waals surface area contributed by atoms with Crippen LogP contribution in [0, 0.1) is 12.8 Å². The highest BCUT2D eigenvalue weighted by Crippen LogP contribution is 2.26. The van der Waals surface area contributed by atoms with Gasteiger partial charge in [0, 0.05) is 18.0 Å². The van der Waals surface area contributed by atoms with Gasteiger partial charge >= 0.3 is 0 Å². The Balaban J connectivity index is 1.92. The Hall–Kier alpha value is -1.33. The Morgan fingerprint density at radius 2 is 2.42 bits per heavy atom. The molecule has 3 heterocycles. The van der Waals surface area contributed by atoms with Gasteiger partial charge in [0.15, 0.2) is 5.15 Å². The molecular weight excluding hydrogens is 264 g/mol. The molecular formula is C13H17ClN4O. The first-order chi connectivity index (χ1) is 9.15. The second-order valence-electron chi connectivity index (χ2n) is 5.07. The van der Waals surface area contributed by atoms with Crippen molar-refractivity contribution in [3.8, 4) is 5.88 Å². The lowest BCUT2D eigenvalue weighted by atomic mass is 10.0. The summed E-state index contributed by atoms with van der Waals surface area (Å²) in [4.78, 5) is 4.31. The number of fused-ring (bicyclic) bond motifs is 1. The summed E-state index contributed by atoms with van der Waals surface area (Å²) in [5, 5.41) is 7.99. The third-order valence-corrected chi connectivity index (χ3v) is 3.86. The third kappa shape index (κ3) is 2.40. The summed E-state index contributed by atoms with van der Waals surface area (Å²) in [6.07, 6.45) is 4.73. The van der Waals surface area contributed by atoms with E-state index in [9.17, 15) is 0 Å². The largest absolute Gasteiger partial charge is 0.473 e. The molecule has 0 bridgehead atoms. The second kappa shape index (κ2) is 4.98. The van der Waals surface area contributed by atoms with E-state index in [4.69, 9.17) is 16.3 Å². The van der Waals surface area contributed by atoms with Crippen LogP contribution < -0.4 is 10.1 Å². The predicted octanol–water partition coefficient (Wildman–Crippen LogP) is 2.07. The molecule has 1 fully saturated rings. The number of halogens is 1. The van der Waals surface area contributed by atoms with Crippen molar-refractivity contribution in [3.05, 3.63) is 23.1 Å². The number of nitrogens with zero attached hydrogens (tertiary/aromatic N) is 3. The molecule has 0 amide bonds. The van der Waals surface area contributed by atoms with E-state index < -0.39 is 0 Å². The fourth-order valence-electron chi connectivity index (χ4n) is 2.52. The summed E-state index contributed by atoms with van der Waals surface area (Å²) in [7, 11) is 0. The van der Waals surface area contributed by atoms with Gasteiger partial charge in [0.2, 0.25) is 5.88 Å². The van der Waals surface area contributed by atoms with E-state index in [2.05, 4.69) is 22.3 Å². The SMILES string of the molecule is Cc1cnn2cc(Cl)nc(O[C@H](C)[C@@H]3CCNC3)c12. The fourth-order valence-corrected chi connectivity index (χ4v) is 2.69. The lowest BCUT2D eigenvalue weighted by Crippen LogP contribution is -2.26. The van der Waals surface area contributed by atoms with Crippen LogP contribution in [0.2, 0.25) is 5.15 Å². The maximum Gasteiger partial charge on any atom is 0.242 e. The van der Waals surface area contributed by atoms with Crippen LogP contribution in [0.4, 0.5) is 0 Å². The number of aromatic nitrogens is 3. The van der Waals surface area contributed by atoms with Crippen molar-refractivity contribution in [1.82, 2.24) is 19.9 Å². The molecule has 1 saturated heterocycles. The van der Waals surface area contributed by atoms with E-state index in [1.165, 1.54) is 0 Å². The van der Waals surface area contributed by atoms with E-state index in [-0.39, 0.29) is 6.10 Å². The van der Waals surface area contributed by atoms with Crippen molar-refractivity contribution in [2.24, 2.45) is 5.92 Å². The molecule has 19 heavy (non-hydrogen) atoms. The summed E-state index contributed by atoms with van der Waals surface area (Å²) < 4.78 is 7.76. The quantitative estimate of drug-likeness (QED) is 0.935. The molecule has 6 heteroatoms. The van der Waals surface area contributed by atoms with Crippen molar-refractivity contribution in [2.45, 2.75) is 26.4 Å². The van der Waals surface area contributed by atoms with Crippen molar-refractivity contribution in [1.29, 1.82) is 0 Å². The maximum atomic E-state index is 6.04. The number of hydrogen-bond acceptors (Lipinski definition) is 4. The minimum absolute atomic E-state index is 0.110. The molecule has 2 atom stereocenters. The molecule has 0 spiro atoms. The summed E-state index contributed by atoms with van der Waals surface area (Å²) in [5.74, 6) is 1.09. The van der Waals surface area contributed by atoms with Crippen LogP contribution in [-0.4, -0.2) is 33.8 Å². The summed E-state index contributed by atoms with van der Waals surface area (Å²) >= 11 is 6.01. The van der Waals surface area contributed by atoms with Gasteiger partial charge in [0.25, 0.3) is 0 Å². The van der Waals surface area contributed by atoms with Gasteiger partial charge in [0.05, 0.1) is 12.4 Å². The van der Waals surface area contributed by atoms with Gasteiger partial charge in [-0.2, -0.15) is 10.1 Å². The van der Waals surface area contributed by atoms with Crippen molar-refractivity contribution >= 4 is 17.1 Å². The second-order valence-corrected chi connectivity index (χ2v) is 5.45. The number of aryl methyl sites for hydroxylation is 1. The first-order valence-corrected chi connectivity index (χ1v) is 6.91. The standard InChI is InChI=1S/C13H17ClN4O/c1-8-5-16-18-7-11(14)17-13(12(8)18)19-9(2)10-3-4-15-6-10/h5,7,9-10,15H,3-4,6H2,1-2H3/t9-,10-/m1/s1. The van der Waals surface area contributed by atoms with Gasteiger partial charge in [0.1, 0.15) is 11.6 Å². The third-order valence-electron chi connectivity index (χ3n) is 3.68. The molecule has 0 aliphatic carbocycles. The van der Waals surface area contributed by atoms with Crippen LogP contribution in [0.15, 0.2) is 12.4 Å². The number of ether oxygens (including phenoxy) is 1. The minimum atomic E-state index is 0.110. The lowest BCUT2D eigenvalue weighted by Gasteiger charge is -2.20. The van der Waals surface area contributed by atoms with Crippen LogP contribution >= 0.6 is 11.6 Å². The Morgan fingerprint density at radius 1 is 1.58 bits per heavy atom. The van der Waals surface area contributed by atoms with Crippen molar-refractivity contribution in [3.63, 3.8) is 0 Å². The highest BCUT2D eigenvalue weighted by molar-refractivity contribution is 6.29. The molecule has 102 valence electrons. The molecule has 3 rings (SSSR count). The van der Waals surface area contributed by atoms with Gasteiger partial charge in [-0.3, -0.25) is 0 Å². The molecule has 2 aromatic heterocycles. The van der Waals surface area contributed by atoms with Crippen LogP contribution in [0.3, 0.4) is 0 Å². The molecule has 1 aliphatic rings. The number of nitrogens with one attached hydrogen (secondary N) is 1. The van der Waals surface area contributed by atoms with Gasteiger partial charge in [-0.05, 0) is 26.8 Å². The zero-order chi connectivity index (χ0) is 13.4. The number of rotatable bonds is 3. The Morgan fingerprint density at radius 3 is 3.16 bits per heavy atom. The first-order valence-electron chi connectivity index (χ1n) is 6.53. The van der Waals surface area contributed by atoms with Crippen molar-refractivity contribution in [2.75, 3.05) is 13.1 Å². The maximum absolute atomic E-state index is 6.04. The van der Waals surface area contributed by atoms with Gasteiger partial charge in [-0.25, -0.2) is 4.52 Å². The van der Waals surface area contributed by atoms with E-state index >= 15 is 0 Å². The molecule has 0 unspecified atom stereocenters.